The minimum Gasteiger partial charge on any atom is -0.391 e. The maximum absolute atomic E-state index is 10.0. The molecule has 1 heterocycles. The summed E-state index contributed by atoms with van der Waals surface area (Å²) < 4.78 is 0. The monoisotopic (exact) mass is 280 g/mol. The molecule has 1 atom stereocenters. The number of anilines is 2. The number of nitrogens with zero attached hydrogens (tertiary/aromatic N) is 2. The largest absolute Gasteiger partial charge is 0.391 e. The third-order valence-corrected chi connectivity index (χ3v) is 3.07. The Hall–Kier alpha value is -1.36. The van der Waals surface area contributed by atoms with Crippen LogP contribution in [0.1, 0.15) is 58.3 Å². The Kier molecular flexibility index (Phi) is 5.34. The van der Waals surface area contributed by atoms with Crippen LogP contribution < -0.4 is 11.1 Å². The molecule has 0 saturated heterocycles. The molecular weight excluding hydrogens is 252 g/mol. The molecule has 114 valence electrons. The van der Waals surface area contributed by atoms with Crippen LogP contribution in [-0.4, -0.2) is 27.7 Å². The number of aliphatic hydroxyl groups excluding tert-OH is 1. The van der Waals surface area contributed by atoms with Gasteiger partial charge in [0.2, 0.25) is 0 Å². The maximum Gasteiger partial charge on any atom is 0.135 e. The number of nitrogens with two attached hydrogens (primary N) is 1. The normalized spacial score (nSPS) is 13.6. The summed E-state index contributed by atoms with van der Waals surface area (Å²) in [6, 6.07) is 0. The van der Waals surface area contributed by atoms with Crippen LogP contribution in [0.3, 0.4) is 0 Å². The van der Waals surface area contributed by atoms with Crippen molar-refractivity contribution >= 4 is 11.6 Å². The number of rotatable bonds is 5. The maximum atomic E-state index is 10.0. The molecule has 0 aliphatic heterocycles. The van der Waals surface area contributed by atoms with Crippen molar-refractivity contribution in [3.05, 3.63) is 11.4 Å². The average molecular weight is 280 g/mol. The van der Waals surface area contributed by atoms with Crippen LogP contribution in [0.25, 0.3) is 0 Å². The van der Waals surface area contributed by atoms with Gasteiger partial charge in [0.25, 0.3) is 0 Å². The van der Waals surface area contributed by atoms with Crippen molar-refractivity contribution in [1.82, 2.24) is 9.97 Å². The first-order valence-electron chi connectivity index (χ1n) is 7.16. The summed E-state index contributed by atoms with van der Waals surface area (Å²) in [5, 5.41) is 13.2. The Labute approximate surface area is 122 Å². The fourth-order valence-electron chi connectivity index (χ4n) is 1.98. The third-order valence-electron chi connectivity index (χ3n) is 3.07. The van der Waals surface area contributed by atoms with Crippen molar-refractivity contribution in [3.63, 3.8) is 0 Å². The average Bonchev–Trinajstić information content (AvgIpc) is 2.28. The Morgan fingerprint density at radius 2 is 1.85 bits per heavy atom. The smallest absolute Gasteiger partial charge is 0.135 e. The summed E-state index contributed by atoms with van der Waals surface area (Å²) in [5.74, 6) is 2.16. The van der Waals surface area contributed by atoms with Crippen LogP contribution in [0.2, 0.25) is 0 Å². The van der Waals surface area contributed by atoms with E-state index in [1.54, 1.807) is 0 Å². The fraction of sp³-hybridized carbons (Fsp3) is 0.733. The number of hydrogen-bond acceptors (Lipinski definition) is 5. The molecule has 1 unspecified atom stereocenters. The van der Waals surface area contributed by atoms with Crippen LogP contribution in [0.15, 0.2) is 0 Å². The molecular formula is C15H28N4O. The van der Waals surface area contributed by atoms with E-state index in [1.165, 1.54) is 0 Å². The minimum atomic E-state index is -0.409. The van der Waals surface area contributed by atoms with Gasteiger partial charge in [0.15, 0.2) is 0 Å². The van der Waals surface area contributed by atoms with Gasteiger partial charge in [0, 0.05) is 18.0 Å². The van der Waals surface area contributed by atoms with E-state index in [0.29, 0.717) is 18.2 Å². The van der Waals surface area contributed by atoms with Gasteiger partial charge in [0.05, 0.1) is 6.10 Å². The van der Waals surface area contributed by atoms with Crippen LogP contribution in [0.5, 0.6) is 0 Å². The first-order chi connectivity index (χ1) is 9.10. The van der Waals surface area contributed by atoms with Crippen LogP contribution in [0.4, 0.5) is 11.6 Å². The molecule has 0 saturated carbocycles. The molecule has 0 aliphatic rings. The zero-order chi connectivity index (χ0) is 15.5. The van der Waals surface area contributed by atoms with Crippen molar-refractivity contribution in [1.29, 1.82) is 0 Å². The predicted molar refractivity (Wildman–Crippen MR) is 83.8 cm³/mol. The van der Waals surface area contributed by atoms with Crippen molar-refractivity contribution < 1.29 is 5.11 Å². The van der Waals surface area contributed by atoms with Gasteiger partial charge in [-0.2, -0.15) is 0 Å². The Balaban J connectivity index is 2.77. The van der Waals surface area contributed by atoms with Crippen molar-refractivity contribution in [2.45, 2.75) is 60.0 Å². The van der Waals surface area contributed by atoms with E-state index in [1.807, 2.05) is 20.8 Å². The fourth-order valence-corrected chi connectivity index (χ4v) is 1.98. The van der Waals surface area contributed by atoms with Gasteiger partial charge in [-0.3, -0.25) is 0 Å². The highest BCUT2D eigenvalue weighted by Gasteiger charge is 2.17. The summed E-state index contributed by atoms with van der Waals surface area (Å²) in [6.45, 7) is 12.7. The highest BCUT2D eigenvalue weighted by Crippen LogP contribution is 2.23. The quantitative estimate of drug-likeness (QED) is 0.772. The highest BCUT2D eigenvalue weighted by atomic mass is 16.3. The lowest BCUT2D eigenvalue weighted by molar-refractivity contribution is 0.132. The second-order valence-corrected chi connectivity index (χ2v) is 6.89. The lowest BCUT2D eigenvalue weighted by Gasteiger charge is -2.23. The van der Waals surface area contributed by atoms with Crippen molar-refractivity contribution in [2.24, 2.45) is 5.41 Å². The van der Waals surface area contributed by atoms with Gasteiger partial charge < -0.3 is 16.2 Å². The molecule has 0 aliphatic carbocycles. The zero-order valence-electron chi connectivity index (χ0n) is 13.5. The zero-order valence-corrected chi connectivity index (χ0v) is 13.5. The molecule has 0 aromatic carbocycles. The van der Waals surface area contributed by atoms with Gasteiger partial charge in [-0.15, -0.1) is 0 Å². The molecule has 5 heteroatoms. The summed E-state index contributed by atoms with van der Waals surface area (Å²) in [6.07, 6.45) is 0.324. The van der Waals surface area contributed by atoms with Crippen LogP contribution >= 0.6 is 0 Å². The standard InChI is InChI=1S/C15H28N4O/c1-9(2)13-18-12(16)10(3)14(19-13)17-8-11(20)7-15(4,5)6/h9,11,20H,7-8H2,1-6H3,(H3,16,17,18,19). The van der Waals surface area contributed by atoms with E-state index in [0.717, 1.165) is 17.8 Å². The third kappa shape index (κ3) is 4.96. The second kappa shape index (κ2) is 6.39. The second-order valence-electron chi connectivity index (χ2n) is 6.89. The van der Waals surface area contributed by atoms with E-state index >= 15 is 0 Å². The number of aromatic nitrogens is 2. The molecule has 0 fully saturated rings. The van der Waals surface area contributed by atoms with Gasteiger partial charge in [-0.1, -0.05) is 34.6 Å². The van der Waals surface area contributed by atoms with E-state index < -0.39 is 6.10 Å². The van der Waals surface area contributed by atoms with E-state index in [2.05, 4.69) is 36.1 Å². The molecule has 1 aromatic heterocycles. The molecule has 0 amide bonds. The minimum absolute atomic E-state index is 0.101. The van der Waals surface area contributed by atoms with Crippen molar-refractivity contribution in [3.8, 4) is 0 Å². The molecule has 1 aromatic rings. The van der Waals surface area contributed by atoms with Crippen LogP contribution in [0, 0.1) is 12.3 Å². The molecule has 0 radical (unpaired) electrons. The molecule has 5 nitrogen and oxygen atoms in total. The van der Waals surface area contributed by atoms with Gasteiger partial charge in [0.1, 0.15) is 17.5 Å². The summed E-state index contributed by atoms with van der Waals surface area (Å²) in [4.78, 5) is 8.77. The van der Waals surface area contributed by atoms with E-state index in [4.69, 9.17) is 5.73 Å². The topological polar surface area (TPSA) is 84.1 Å². The molecule has 20 heavy (non-hydrogen) atoms. The molecule has 4 N–H and O–H groups in total. The number of nitrogen functional groups attached to an aromatic ring is 1. The number of aliphatic hydroxyl groups is 1. The number of hydrogen-bond donors (Lipinski definition) is 3. The number of nitrogens with one attached hydrogen (secondary N) is 1. The first-order valence-corrected chi connectivity index (χ1v) is 7.16. The van der Waals surface area contributed by atoms with Gasteiger partial charge in [-0.05, 0) is 18.8 Å². The molecule has 0 spiro atoms. The van der Waals surface area contributed by atoms with E-state index in [-0.39, 0.29) is 11.3 Å². The summed E-state index contributed by atoms with van der Waals surface area (Å²) in [7, 11) is 0. The van der Waals surface area contributed by atoms with Gasteiger partial charge >= 0.3 is 0 Å². The molecule has 0 bridgehead atoms. The van der Waals surface area contributed by atoms with Crippen molar-refractivity contribution in [2.75, 3.05) is 17.6 Å². The lowest BCUT2D eigenvalue weighted by Crippen LogP contribution is -2.26. The summed E-state index contributed by atoms with van der Waals surface area (Å²) in [5.41, 5.74) is 6.85. The Bertz CT molecular complexity index is 452. The first kappa shape index (κ1) is 16.7. The van der Waals surface area contributed by atoms with E-state index in [9.17, 15) is 5.11 Å². The SMILES string of the molecule is Cc1c(N)nc(C(C)C)nc1NCC(O)CC(C)(C)C. The Morgan fingerprint density at radius 3 is 2.35 bits per heavy atom. The van der Waals surface area contributed by atoms with Crippen LogP contribution in [-0.2, 0) is 0 Å². The highest BCUT2D eigenvalue weighted by molar-refractivity contribution is 5.55. The Morgan fingerprint density at radius 1 is 1.25 bits per heavy atom. The summed E-state index contributed by atoms with van der Waals surface area (Å²) >= 11 is 0. The lowest BCUT2D eigenvalue weighted by atomic mass is 9.89. The molecule has 1 rings (SSSR count). The van der Waals surface area contributed by atoms with Gasteiger partial charge in [-0.25, -0.2) is 9.97 Å². The predicted octanol–water partition coefficient (Wildman–Crippen LogP) is 2.70.